The number of para-hydroxylation sites is 2. The molecule has 2 aromatic heterocycles. The number of hydrogen-bond acceptors (Lipinski definition) is 8. The molecule has 3 N–H and O–H groups in total. The highest BCUT2D eigenvalue weighted by atomic mass is 32.1. The number of nitrogens with one attached hydrogen (secondary N) is 1. The number of amides is 2. The van der Waals surface area contributed by atoms with Crippen molar-refractivity contribution >= 4 is 39.6 Å². The van der Waals surface area contributed by atoms with Crippen LogP contribution >= 0.6 is 11.3 Å². The van der Waals surface area contributed by atoms with Crippen LogP contribution in [-0.4, -0.2) is 52.3 Å². The zero-order chi connectivity index (χ0) is 18.1. The van der Waals surface area contributed by atoms with Crippen LogP contribution < -0.4 is 16.0 Å². The highest BCUT2D eigenvalue weighted by molar-refractivity contribution is 7.15. The summed E-state index contributed by atoms with van der Waals surface area (Å²) < 4.78 is 5.80. The maximum Gasteiger partial charge on any atom is 0.318 e. The minimum absolute atomic E-state index is 0.122. The van der Waals surface area contributed by atoms with Crippen molar-refractivity contribution in [3.8, 4) is 0 Å². The molecule has 0 saturated carbocycles. The molecule has 136 valence electrons. The average molecular weight is 373 g/mol. The summed E-state index contributed by atoms with van der Waals surface area (Å²) in [6.07, 6.45) is 0. The van der Waals surface area contributed by atoms with Crippen molar-refractivity contribution < 1.29 is 9.21 Å². The van der Waals surface area contributed by atoms with Crippen molar-refractivity contribution in [3.63, 3.8) is 0 Å². The third-order valence-corrected chi connectivity index (χ3v) is 5.22. The third kappa shape index (κ3) is 3.27. The van der Waals surface area contributed by atoms with Gasteiger partial charge in [-0.05, 0) is 19.1 Å². The van der Waals surface area contributed by atoms with E-state index in [9.17, 15) is 4.79 Å². The Hall–Kier alpha value is -2.88. The number of aromatic nitrogens is 3. The molecular weight excluding hydrogens is 354 g/mol. The summed E-state index contributed by atoms with van der Waals surface area (Å²) in [5.74, 6) is 0. The van der Waals surface area contributed by atoms with Crippen LogP contribution in [0.4, 0.5) is 15.9 Å². The molecule has 1 atom stereocenters. The van der Waals surface area contributed by atoms with Gasteiger partial charge in [-0.3, -0.25) is 0 Å². The van der Waals surface area contributed by atoms with E-state index in [2.05, 4.69) is 25.4 Å². The zero-order valence-electron chi connectivity index (χ0n) is 14.3. The number of rotatable bonds is 3. The SMILES string of the molecule is C[C@@H](NC(=O)N1CCN(c2nc3ccccc3o2)CC1)c1nnc(N)s1. The standard InChI is InChI=1S/C16H19N7O2S/c1-10(13-20-21-14(17)26-13)18-15(24)22-6-8-23(9-7-22)16-19-11-4-2-3-5-12(11)25-16/h2-5,10H,6-9H2,1H3,(H2,17,21)(H,18,24)/t10-/m1/s1. The Balaban J connectivity index is 1.34. The topological polar surface area (TPSA) is 113 Å². The molecule has 0 unspecified atom stereocenters. The number of hydrogen-bond donors (Lipinski definition) is 2. The van der Waals surface area contributed by atoms with Gasteiger partial charge in [0.1, 0.15) is 10.5 Å². The predicted octanol–water partition coefficient (Wildman–Crippen LogP) is 1.85. The number of urea groups is 1. The number of oxazole rings is 1. The van der Waals surface area contributed by atoms with Crippen LogP contribution in [-0.2, 0) is 0 Å². The van der Waals surface area contributed by atoms with Crippen LogP contribution in [0.2, 0.25) is 0 Å². The van der Waals surface area contributed by atoms with Crippen molar-refractivity contribution in [1.82, 2.24) is 25.4 Å². The lowest BCUT2D eigenvalue weighted by Gasteiger charge is -2.34. The van der Waals surface area contributed by atoms with Gasteiger partial charge < -0.3 is 25.3 Å². The number of anilines is 2. The molecule has 1 aliphatic heterocycles. The fourth-order valence-corrected chi connectivity index (χ4v) is 3.47. The Morgan fingerprint density at radius 1 is 1.27 bits per heavy atom. The number of nitrogen functional groups attached to an aromatic ring is 1. The van der Waals surface area contributed by atoms with Crippen LogP contribution in [0.3, 0.4) is 0 Å². The van der Waals surface area contributed by atoms with E-state index in [0.717, 1.165) is 11.1 Å². The number of nitrogens with zero attached hydrogens (tertiary/aromatic N) is 5. The van der Waals surface area contributed by atoms with Crippen LogP contribution in [0.5, 0.6) is 0 Å². The lowest BCUT2D eigenvalue weighted by Crippen LogP contribution is -2.52. The fourth-order valence-electron chi connectivity index (χ4n) is 2.86. The van der Waals surface area contributed by atoms with Gasteiger partial charge in [0.25, 0.3) is 6.01 Å². The third-order valence-electron chi connectivity index (χ3n) is 4.29. The second-order valence-electron chi connectivity index (χ2n) is 6.09. The molecule has 10 heteroatoms. The first-order chi connectivity index (χ1) is 12.6. The van der Waals surface area contributed by atoms with Crippen LogP contribution in [0.25, 0.3) is 11.1 Å². The number of fused-ring (bicyclic) bond motifs is 1. The second-order valence-corrected chi connectivity index (χ2v) is 7.13. The summed E-state index contributed by atoms with van der Waals surface area (Å²) in [6, 6.07) is 7.93. The Bertz CT molecular complexity index is 883. The van der Waals surface area contributed by atoms with Gasteiger partial charge in [0, 0.05) is 26.2 Å². The average Bonchev–Trinajstić information content (AvgIpc) is 3.28. The van der Waals surface area contributed by atoms with Crippen LogP contribution in [0.15, 0.2) is 28.7 Å². The molecule has 0 radical (unpaired) electrons. The normalized spacial score (nSPS) is 16.0. The molecule has 0 spiro atoms. The molecule has 1 aromatic carbocycles. The monoisotopic (exact) mass is 373 g/mol. The van der Waals surface area contributed by atoms with E-state index in [-0.39, 0.29) is 12.1 Å². The molecule has 1 fully saturated rings. The molecule has 3 aromatic rings. The number of piperazine rings is 1. The van der Waals surface area contributed by atoms with Gasteiger partial charge in [0.05, 0.1) is 6.04 Å². The van der Waals surface area contributed by atoms with Gasteiger partial charge in [-0.15, -0.1) is 10.2 Å². The van der Waals surface area contributed by atoms with E-state index in [0.29, 0.717) is 42.3 Å². The maximum absolute atomic E-state index is 12.5. The predicted molar refractivity (Wildman–Crippen MR) is 99.1 cm³/mol. The van der Waals surface area contributed by atoms with Crippen molar-refractivity contribution in [2.45, 2.75) is 13.0 Å². The Morgan fingerprint density at radius 3 is 2.73 bits per heavy atom. The van der Waals surface area contributed by atoms with Crippen molar-refractivity contribution in [2.75, 3.05) is 36.8 Å². The Morgan fingerprint density at radius 2 is 2.04 bits per heavy atom. The van der Waals surface area contributed by atoms with Gasteiger partial charge >= 0.3 is 6.03 Å². The first-order valence-corrected chi connectivity index (χ1v) is 9.16. The van der Waals surface area contributed by atoms with E-state index >= 15 is 0 Å². The molecule has 26 heavy (non-hydrogen) atoms. The minimum Gasteiger partial charge on any atom is -0.423 e. The first-order valence-electron chi connectivity index (χ1n) is 8.35. The molecule has 9 nitrogen and oxygen atoms in total. The van der Waals surface area contributed by atoms with Crippen molar-refractivity contribution in [2.24, 2.45) is 0 Å². The van der Waals surface area contributed by atoms with E-state index in [1.54, 1.807) is 4.90 Å². The molecule has 4 rings (SSSR count). The van der Waals surface area contributed by atoms with Crippen LogP contribution in [0.1, 0.15) is 18.0 Å². The van der Waals surface area contributed by atoms with Gasteiger partial charge in [-0.1, -0.05) is 23.5 Å². The summed E-state index contributed by atoms with van der Waals surface area (Å²) in [6.45, 7) is 4.39. The van der Waals surface area contributed by atoms with Crippen molar-refractivity contribution in [1.29, 1.82) is 0 Å². The highest BCUT2D eigenvalue weighted by Crippen LogP contribution is 2.23. The summed E-state index contributed by atoms with van der Waals surface area (Å²) in [5.41, 5.74) is 7.20. The summed E-state index contributed by atoms with van der Waals surface area (Å²) >= 11 is 1.28. The summed E-state index contributed by atoms with van der Waals surface area (Å²) in [7, 11) is 0. The van der Waals surface area contributed by atoms with E-state index in [1.807, 2.05) is 31.2 Å². The molecular formula is C16H19N7O2S. The number of nitrogens with two attached hydrogens (primary N) is 1. The van der Waals surface area contributed by atoms with E-state index < -0.39 is 0 Å². The van der Waals surface area contributed by atoms with Gasteiger partial charge in [0.15, 0.2) is 5.58 Å². The van der Waals surface area contributed by atoms with E-state index in [4.69, 9.17) is 10.2 Å². The smallest absolute Gasteiger partial charge is 0.318 e. The number of benzene rings is 1. The highest BCUT2D eigenvalue weighted by Gasteiger charge is 2.25. The molecule has 0 aliphatic carbocycles. The largest absolute Gasteiger partial charge is 0.423 e. The molecule has 0 bridgehead atoms. The lowest BCUT2D eigenvalue weighted by molar-refractivity contribution is 0.190. The molecule has 3 heterocycles. The Labute approximate surface area is 153 Å². The lowest BCUT2D eigenvalue weighted by atomic mass is 10.3. The molecule has 1 aliphatic rings. The second kappa shape index (κ2) is 6.79. The van der Waals surface area contributed by atoms with Crippen LogP contribution in [0, 0.1) is 0 Å². The minimum atomic E-state index is -0.229. The molecule has 2 amide bonds. The van der Waals surface area contributed by atoms with Gasteiger partial charge in [-0.2, -0.15) is 4.98 Å². The zero-order valence-corrected chi connectivity index (χ0v) is 15.1. The number of carbonyl (C=O) groups excluding carboxylic acids is 1. The quantitative estimate of drug-likeness (QED) is 0.720. The Kier molecular flexibility index (Phi) is 4.33. The number of carbonyl (C=O) groups is 1. The summed E-state index contributed by atoms with van der Waals surface area (Å²) in [4.78, 5) is 20.8. The van der Waals surface area contributed by atoms with Gasteiger partial charge in [0.2, 0.25) is 5.13 Å². The first kappa shape index (κ1) is 16.6. The molecule has 1 saturated heterocycles. The van der Waals surface area contributed by atoms with E-state index in [1.165, 1.54) is 11.3 Å². The van der Waals surface area contributed by atoms with Gasteiger partial charge in [-0.25, -0.2) is 4.79 Å². The van der Waals surface area contributed by atoms with Crippen molar-refractivity contribution in [3.05, 3.63) is 29.3 Å². The fraction of sp³-hybridized carbons (Fsp3) is 0.375. The summed E-state index contributed by atoms with van der Waals surface area (Å²) in [5, 5.41) is 11.8. The maximum atomic E-state index is 12.5.